The minimum Gasteiger partial charge on any atom is -0.501 e. The molecule has 0 spiro atoms. The third kappa shape index (κ3) is 7.83. The third-order valence-corrected chi connectivity index (χ3v) is 12.1. The fourth-order valence-corrected chi connectivity index (χ4v) is 9.07. The van der Waals surface area contributed by atoms with Crippen LogP contribution in [0, 0.1) is 25.0 Å². The van der Waals surface area contributed by atoms with Gasteiger partial charge in [0.2, 0.25) is 0 Å². The predicted molar refractivity (Wildman–Crippen MR) is 233 cm³/mol. The van der Waals surface area contributed by atoms with E-state index in [1.165, 1.54) is 16.3 Å². The van der Waals surface area contributed by atoms with E-state index in [9.17, 15) is 0 Å². The van der Waals surface area contributed by atoms with Gasteiger partial charge in [-0.3, -0.25) is 4.98 Å². The summed E-state index contributed by atoms with van der Waals surface area (Å²) in [7, 11) is -1.35. The number of furan rings is 1. The Bertz CT molecular complexity index is 2780. The van der Waals surface area contributed by atoms with Gasteiger partial charge in [-0.05, 0) is 53.0 Å². The molecular formula is C50H45IrN3OSi-2. The molecule has 0 unspecified atom stereocenters. The molecule has 0 aliphatic heterocycles. The molecule has 6 heteroatoms. The number of imidazole rings is 1. The van der Waals surface area contributed by atoms with Gasteiger partial charge in [0, 0.05) is 42.9 Å². The van der Waals surface area contributed by atoms with Crippen molar-refractivity contribution in [3.63, 3.8) is 0 Å². The normalized spacial score (nSPS) is 11.5. The molecule has 0 bridgehead atoms. The monoisotopic (exact) mass is 924 g/mol. The average molecular weight is 924 g/mol. The van der Waals surface area contributed by atoms with Gasteiger partial charge in [-0.2, -0.15) is 0 Å². The van der Waals surface area contributed by atoms with Gasteiger partial charge < -0.3 is 14.0 Å². The SMILES string of the molecule is Cc1cc[c-]c(-c2cc(CC(C)C)c([Si](C)(C)C)cn2)c1.[Ir].[c-]1ccc2c(oc3ccccc32)c1-c1nc2ccccc2n1-c1ccccc1-c1ccccc1. The maximum Gasteiger partial charge on any atom is 0.120 e. The number of fused-ring (bicyclic) bond motifs is 4. The molecule has 281 valence electrons. The Hall–Kier alpha value is -5.39. The van der Waals surface area contributed by atoms with Gasteiger partial charge in [0.15, 0.2) is 0 Å². The molecule has 0 fully saturated rings. The fraction of sp³-hybridized carbons (Fsp3) is 0.160. The Kier molecular flexibility index (Phi) is 11.4. The predicted octanol–water partition coefficient (Wildman–Crippen LogP) is 12.7. The smallest absolute Gasteiger partial charge is 0.120 e. The van der Waals surface area contributed by atoms with Crippen LogP contribution in [0.15, 0.2) is 150 Å². The summed E-state index contributed by atoms with van der Waals surface area (Å²) in [6, 6.07) is 54.6. The van der Waals surface area contributed by atoms with Crippen molar-refractivity contribution in [2.75, 3.05) is 0 Å². The number of hydrogen-bond donors (Lipinski definition) is 0. The van der Waals surface area contributed by atoms with Crippen molar-refractivity contribution in [1.29, 1.82) is 0 Å². The van der Waals surface area contributed by atoms with E-state index >= 15 is 0 Å². The first kappa shape index (κ1) is 38.9. The van der Waals surface area contributed by atoms with Crippen molar-refractivity contribution in [1.82, 2.24) is 14.5 Å². The van der Waals surface area contributed by atoms with E-state index in [0.717, 1.165) is 78.9 Å². The van der Waals surface area contributed by atoms with Crippen LogP contribution in [0.2, 0.25) is 19.6 Å². The molecule has 0 aliphatic carbocycles. The molecular weight excluding hydrogens is 879 g/mol. The summed E-state index contributed by atoms with van der Waals surface area (Å²) in [5.41, 5.74) is 12.8. The Morgan fingerprint density at radius 1 is 0.750 bits per heavy atom. The molecule has 0 N–H and O–H groups in total. The van der Waals surface area contributed by atoms with E-state index in [4.69, 9.17) is 14.4 Å². The molecule has 4 nitrogen and oxygen atoms in total. The maximum atomic E-state index is 6.36. The molecule has 0 saturated heterocycles. The Balaban J connectivity index is 0.000000190. The van der Waals surface area contributed by atoms with Gasteiger partial charge in [-0.25, -0.2) is 0 Å². The Morgan fingerprint density at radius 2 is 1.46 bits per heavy atom. The van der Waals surface area contributed by atoms with E-state index in [1.807, 2.05) is 42.5 Å². The van der Waals surface area contributed by atoms with Crippen LogP contribution in [0.5, 0.6) is 0 Å². The topological polar surface area (TPSA) is 43.9 Å². The van der Waals surface area contributed by atoms with Gasteiger partial charge in [0.25, 0.3) is 0 Å². The van der Waals surface area contributed by atoms with Gasteiger partial charge in [0.05, 0.1) is 30.5 Å². The average Bonchev–Trinajstić information content (AvgIpc) is 3.77. The van der Waals surface area contributed by atoms with Crippen molar-refractivity contribution < 1.29 is 24.5 Å². The van der Waals surface area contributed by atoms with Crippen molar-refractivity contribution in [3.05, 3.63) is 169 Å². The van der Waals surface area contributed by atoms with Crippen molar-refractivity contribution in [3.8, 4) is 39.5 Å². The largest absolute Gasteiger partial charge is 0.501 e. The first-order valence-electron chi connectivity index (χ1n) is 19.1. The quantitative estimate of drug-likeness (QED) is 0.118. The fourth-order valence-electron chi connectivity index (χ4n) is 7.48. The van der Waals surface area contributed by atoms with Crippen LogP contribution >= 0.6 is 0 Å². The Labute approximate surface area is 344 Å². The number of aromatic nitrogens is 3. The van der Waals surface area contributed by atoms with E-state index in [0.29, 0.717) is 5.92 Å². The number of hydrogen-bond acceptors (Lipinski definition) is 3. The first-order chi connectivity index (χ1) is 26.7. The van der Waals surface area contributed by atoms with Crippen LogP contribution in [-0.2, 0) is 26.5 Å². The van der Waals surface area contributed by atoms with Crippen LogP contribution in [0.25, 0.3) is 72.4 Å². The van der Waals surface area contributed by atoms with Crippen LogP contribution in [0.3, 0.4) is 0 Å². The minimum atomic E-state index is -1.35. The van der Waals surface area contributed by atoms with Crippen molar-refractivity contribution in [2.24, 2.45) is 5.92 Å². The number of nitrogens with zero attached hydrogens (tertiary/aromatic N) is 3. The maximum absolute atomic E-state index is 6.36. The molecule has 3 aromatic heterocycles. The standard InChI is InChI=1S/C31H19N2O.C19H26NSi.Ir/c1-2-11-21(12-3-1)22-13-4-7-18-27(22)33-28-19-8-6-17-26(28)32-31(33)25-16-10-15-24-23-14-5-9-20-29(23)34-30(24)25;1-14(2)10-17-12-18(16-9-7-8-15(3)11-16)20-13-19(17)21(4,5)6;/h1-15,17-20H;7-8,11-14H,10H2,1-6H3;/q2*-1;. The van der Waals surface area contributed by atoms with Gasteiger partial charge in [-0.15, -0.1) is 53.6 Å². The minimum absolute atomic E-state index is 0. The summed E-state index contributed by atoms with van der Waals surface area (Å²) in [4.78, 5) is 9.81. The third-order valence-electron chi connectivity index (χ3n) is 10.0. The van der Waals surface area contributed by atoms with Crippen LogP contribution in [-0.4, -0.2) is 22.6 Å². The summed E-state index contributed by atoms with van der Waals surface area (Å²) in [6.07, 6.45) is 3.25. The van der Waals surface area contributed by atoms with Crippen LogP contribution in [0.1, 0.15) is 25.0 Å². The zero-order chi connectivity index (χ0) is 38.1. The second-order valence-corrected chi connectivity index (χ2v) is 20.7. The van der Waals surface area contributed by atoms with E-state index in [-0.39, 0.29) is 20.1 Å². The molecule has 1 radical (unpaired) electrons. The first-order valence-corrected chi connectivity index (χ1v) is 22.6. The number of pyridine rings is 1. The summed E-state index contributed by atoms with van der Waals surface area (Å²) in [5, 5.41) is 3.66. The van der Waals surface area contributed by atoms with E-state index in [2.05, 4.69) is 160 Å². The second-order valence-electron chi connectivity index (χ2n) is 15.7. The molecule has 56 heavy (non-hydrogen) atoms. The molecule has 9 aromatic rings. The zero-order valence-electron chi connectivity index (χ0n) is 32.7. The Morgan fingerprint density at radius 3 is 2.25 bits per heavy atom. The van der Waals surface area contributed by atoms with Gasteiger partial charge in [-0.1, -0.05) is 142 Å². The molecule has 0 atom stereocenters. The van der Waals surface area contributed by atoms with E-state index < -0.39 is 8.07 Å². The number of aryl methyl sites for hydroxylation is 1. The van der Waals surface area contributed by atoms with Gasteiger partial charge >= 0.3 is 0 Å². The van der Waals surface area contributed by atoms with E-state index in [1.54, 1.807) is 0 Å². The molecule has 0 saturated carbocycles. The summed E-state index contributed by atoms with van der Waals surface area (Å²) < 4.78 is 8.59. The summed E-state index contributed by atoms with van der Waals surface area (Å²) in [5.74, 6) is 1.48. The second kappa shape index (κ2) is 16.4. The molecule has 0 amide bonds. The van der Waals surface area contributed by atoms with Crippen molar-refractivity contribution in [2.45, 2.75) is 46.8 Å². The molecule has 3 heterocycles. The number of para-hydroxylation sites is 4. The van der Waals surface area contributed by atoms with Crippen molar-refractivity contribution >= 4 is 46.2 Å². The number of rotatable bonds is 7. The molecule has 9 rings (SSSR count). The summed E-state index contributed by atoms with van der Waals surface area (Å²) in [6.45, 7) is 13.9. The van der Waals surface area contributed by atoms with Crippen LogP contribution < -0.4 is 5.19 Å². The summed E-state index contributed by atoms with van der Waals surface area (Å²) >= 11 is 0. The number of benzene rings is 6. The molecule has 0 aliphatic rings. The van der Waals surface area contributed by atoms with Gasteiger partial charge in [0.1, 0.15) is 5.58 Å². The van der Waals surface area contributed by atoms with Crippen LogP contribution in [0.4, 0.5) is 0 Å². The molecule has 6 aromatic carbocycles. The zero-order valence-corrected chi connectivity index (χ0v) is 36.1.